The molecule has 1 fully saturated rings. The molecule has 29 heavy (non-hydrogen) atoms. The highest BCUT2D eigenvalue weighted by molar-refractivity contribution is 5.93. The van der Waals surface area contributed by atoms with Gasteiger partial charge in [-0.1, -0.05) is 0 Å². The Hall–Kier alpha value is -2.93. The van der Waals surface area contributed by atoms with Gasteiger partial charge < -0.3 is 14.8 Å². The summed E-state index contributed by atoms with van der Waals surface area (Å²) in [6.07, 6.45) is 4.03. The lowest BCUT2D eigenvalue weighted by Crippen LogP contribution is -2.25. The molecule has 1 aromatic heterocycles. The molecule has 2 heterocycles. The van der Waals surface area contributed by atoms with Gasteiger partial charge in [0.2, 0.25) is 0 Å². The molecule has 0 amide bonds. The van der Waals surface area contributed by atoms with Crippen LogP contribution in [0.15, 0.2) is 36.7 Å². The molecule has 6 nitrogen and oxygen atoms in total. The zero-order valence-electron chi connectivity index (χ0n) is 16.7. The molecule has 1 aliphatic rings. The van der Waals surface area contributed by atoms with Gasteiger partial charge >= 0.3 is 0 Å². The van der Waals surface area contributed by atoms with E-state index in [2.05, 4.69) is 20.2 Å². The second-order valence-corrected chi connectivity index (χ2v) is 7.23. The number of likely N-dealkylation sites (tertiary alicyclic amines) is 1. The largest absolute Gasteiger partial charge is 0.493 e. The Morgan fingerprint density at radius 2 is 1.93 bits per heavy atom. The molecule has 0 atom stereocenters. The molecule has 0 radical (unpaired) electrons. The molecule has 1 aliphatic heterocycles. The maximum absolute atomic E-state index is 13.5. The van der Waals surface area contributed by atoms with Crippen LogP contribution < -0.4 is 14.8 Å². The molecule has 0 unspecified atom stereocenters. The second-order valence-electron chi connectivity index (χ2n) is 7.23. The molecule has 7 heteroatoms. The summed E-state index contributed by atoms with van der Waals surface area (Å²) in [6, 6.07) is 8.62. The first-order valence-corrected chi connectivity index (χ1v) is 9.85. The van der Waals surface area contributed by atoms with E-state index in [1.807, 2.05) is 12.1 Å². The lowest BCUT2D eigenvalue weighted by molar-refractivity contribution is 0.230. The van der Waals surface area contributed by atoms with Crippen LogP contribution in [0.3, 0.4) is 0 Å². The number of hydrogen-bond donors (Lipinski definition) is 1. The van der Waals surface area contributed by atoms with Crippen molar-refractivity contribution in [2.45, 2.75) is 19.8 Å². The Balaban J connectivity index is 1.57. The maximum Gasteiger partial charge on any atom is 0.163 e. The number of nitrogens with one attached hydrogen (secondary N) is 1. The van der Waals surface area contributed by atoms with Crippen molar-refractivity contribution in [2.24, 2.45) is 0 Å². The average Bonchev–Trinajstić information content (AvgIpc) is 3.24. The molecule has 152 valence electrons. The number of benzene rings is 2. The van der Waals surface area contributed by atoms with Gasteiger partial charge in [-0.2, -0.15) is 0 Å². The number of ether oxygens (including phenoxy) is 2. The minimum absolute atomic E-state index is 0.236. The first-order valence-electron chi connectivity index (χ1n) is 9.85. The standard InChI is InChI=1S/C22H25FN4O2/c1-15-11-16(5-6-18(15)23)26-22-17-12-20(28-2)21(13-19(17)24-14-25-22)29-10-9-27-7-3-4-8-27/h5-6,11-14H,3-4,7-10H2,1-2H3,(H,24,25,26). The molecular formula is C22H25FN4O2. The Morgan fingerprint density at radius 1 is 1.10 bits per heavy atom. The van der Waals surface area contributed by atoms with Crippen molar-refractivity contribution >= 4 is 22.4 Å². The minimum Gasteiger partial charge on any atom is -0.493 e. The fraction of sp³-hybridized carbons (Fsp3) is 0.364. The summed E-state index contributed by atoms with van der Waals surface area (Å²) < 4.78 is 25.1. The van der Waals surface area contributed by atoms with E-state index in [1.54, 1.807) is 26.2 Å². The molecule has 0 aliphatic carbocycles. The summed E-state index contributed by atoms with van der Waals surface area (Å²) in [5, 5.41) is 4.05. The number of nitrogens with zero attached hydrogens (tertiary/aromatic N) is 3. The molecule has 0 spiro atoms. The van der Waals surface area contributed by atoms with Crippen LogP contribution in [-0.2, 0) is 0 Å². The van der Waals surface area contributed by atoms with Crippen LogP contribution in [0.4, 0.5) is 15.9 Å². The van der Waals surface area contributed by atoms with Crippen LogP contribution in [-0.4, -0.2) is 48.2 Å². The molecule has 4 rings (SSSR count). The van der Waals surface area contributed by atoms with E-state index in [9.17, 15) is 4.39 Å². The van der Waals surface area contributed by atoms with Gasteiger partial charge in [0.15, 0.2) is 11.5 Å². The second kappa shape index (κ2) is 8.61. The van der Waals surface area contributed by atoms with Crippen LogP contribution in [0, 0.1) is 12.7 Å². The quantitative estimate of drug-likeness (QED) is 0.642. The van der Waals surface area contributed by atoms with Gasteiger partial charge in [0.25, 0.3) is 0 Å². The number of halogens is 1. The molecular weight excluding hydrogens is 371 g/mol. The zero-order valence-corrected chi connectivity index (χ0v) is 16.7. The fourth-order valence-corrected chi connectivity index (χ4v) is 3.59. The van der Waals surface area contributed by atoms with Gasteiger partial charge in [0.05, 0.1) is 12.6 Å². The monoisotopic (exact) mass is 396 g/mol. The highest BCUT2D eigenvalue weighted by Gasteiger charge is 2.14. The van der Waals surface area contributed by atoms with Crippen molar-refractivity contribution in [1.29, 1.82) is 0 Å². The van der Waals surface area contributed by atoms with Gasteiger partial charge in [0.1, 0.15) is 24.6 Å². The fourth-order valence-electron chi connectivity index (χ4n) is 3.59. The lowest BCUT2D eigenvalue weighted by Gasteiger charge is -2.17. The summed E-state index contributed by atoms with van der Waals surface area (Å²) in [6.45, 7) is 5.52. The van der Waals surface area contributed by atoms with Gasteiger partial charge in [-0.25, -0.2) is 14.4 Å². The Morgan fingerprint density at radius 3 is 2.69 bits per heavy atom. The molecule has 3 aromatic rings. The van der Waals surface area contributed by atoms with Gasteiger partial charge in [-0.15, -0.1) is 0 Å². The summed E-state index contributed by atoms with van der Waals surface area (Å²) in [5.41, 5.74) is 2.08. The molecule has 1 saturated heterocycles. The SMILES string of the molecule is COc1cc2c(Nc3ccc(F)c(C)c3)ncnc2cc1OCCN1CCCC1. The van der Waals surface area contributed by atoms with E-state index < -0.39 is 0 Å². The van der Waals surface area contributed by atoms with Crippen molar-refractivity contribution < 1.29 is 13.9 Å². The van der Waals surface area contributed by atoms with Gasteiger partial charge in [0, 0.05) is 23.7 Å². The van der Waals surface area contributed by atoms with Crippen LogP contribution in [0.25, 0.3) is 10.9 Å². The van der Waals surface area contributed by atoms with E-state index in [0.717, 1.165) is 36.2 Å². The summed E-state index contributed by atoms with van der Waals surface area (Å²) in [5.74, 6) is 1.69. The predicted octanol–water partition coefficient (Wildman–Crippen LogP) is 4.30. The third kappa shape index (κ3) is 4.40. The summed E-state index contributed by atoms with van der Waals surface area (Å²) >= 11 is 0. The number of anilines is 2. The highest BCUT2D eigenvalue weighted by atomic mass is 19.1. The lowest BCUT2D eigenvalue weighted by atomic mass is 10.2. The Bertz CT molecular complexity index is 1010. The topological polar surface area (TPSA) is 59.5 Å². The van der Waals surface area contributed by atoms with Crippen LogP contribution >= 0.6 is 0 Å². The van der Waals surface area contributed by atoms with E-state index in [1.165, 1.54) is 25.2 Å². The number of hydrogen-bond acceptors (Lipinski definition) is 6. The van der Waals surface area contributed by atoms with Crippen LogP contribution in [0.1, 0.15) is 18.4 Å². The van der Waals surface area contributed by atoms with Crippen molar-refractivity contribution in [1.82, 2.24) is 14.9 Å². The number of methoxy groups -OCH3 is 1. The van der Waals surface area contributed by atoms with Crippen LogP contribution in [0.5, 0.6) is 11.5 Å². The first-order chi connectivity index (χ1) is 14.1. The van der Waals surface area contributed by atoms with Crippen molar-refractivity contribution in [2.75, 3.05) is 38.7 Å². The smallest absolute Gasteiger partial charge is 0.163 e. The number of fused-ring (bicyclic) bond motifs is 1. The predicted molar refractivity (Wildman–Crippen MR) is 112 cm³/mol. The molecule has 0 bridgehead atoms. The normalized spacial score (nSPS) is 14.3. The summed E-state index contributed by atoms with van der Waals surface area (Å²) in [7, 11) is 1.62. The first kappa shape index (κ1) is 19.4. The van der Waals surface area contributed by atoms with Gasteiger partial charge in [-0.05, 0) is 62.7 Å². The van der Waals surface area contributed by atoms with E-state index in [0.29, 0.717) is 29.5 Å². The van der Waals surface area contributed by atoms with Crippen molar-refractivity contribution in [3.8, 4) is 11.5 Å². The third-order valence-corrected chi connectivity index (χ3v) is 5.21. The number of rotatable bonds is 7. The summed E-state index contributed by atoms with van der Waals surface area (Å²) in [4.78, 5) is 11.1. The molecule has 1 N–H and O–H groups in total. The average molecular weight is 396 g/mol. The number of aryl methyl sites for hydroxylation is 1. The Kier molecular flexibility index (Phi) is 5.76. The zero-order chi connectivity index (χ0) is 20.2. The molecule has 0 saturated carbocycles. The Labute approximate surface area is 169 Å². The van der Waals surface area contributed by atoms with Crippen molar-refractivity contribution in [3.05, 3.63) is 48.0 Å². The third-order valence-electron chi connectivity index (χ3n) is 5.21. The van der Waals surface area contributed by atoms with Crippen molar-refractivity contribution in [3.63, 3.8) is 0 Å². The van der Waals surface area contributed by atoms with E-state index in [-0.39, 0.29) is 5.82 Å². The highest BCUT2D eigenvalue weighted by Crippen LogP contribution is 2.34. The van der Waals surface area contributed by atoms with E-state index in [4.69, 9.17) is 9.47 Å². The maximum atomic E-state index is 13.5. The van der Waals surface area contributed by atoms with E-state index >= 15 is 0 Å². The molecule has 2 aromatic carbocycles. The van der Waals surface area contributed by atoms with Crippen LogP contribution in [0.2, 0.25) is 0 Å². The van der Waals surface area contributed by atoms with Gasteiger partial charge in [-0.3, -0.25) is 4.90 Å². The number of aromatic nitrogens is 2. The minimum atomic E-state index is -0.236.